The maximum Gasteiger partial charge on any atom is 0.199 e. The minimum atomic E-state index is -0.323. The van der Waals surface area contributed by atoms with Crippen LogP contribution in [0, 0.1) is 5.82 Å². The largest absolute Gasteiger partial charge is 0.409 e. The fourth-order valence-corrected chi connectivity index (χ4v) is 1.94. The van der Waals surface area contributed by atoms with E-state index in [9.17, 15) is 4.39 Å². The molecule has 1 heterocycles. The molecule has 0 aliphatic carbocycles. The first-order valence-electron chi connectivity index (χ1n) is 4.40. The highest BCUT2D eigenvalue weighted by Gasteiger charge is 2.08. The number of aromatic nitrogens is 1. The molecule has 1 aromatic carbocycles. The van der Waals surface area contributed by atoms with E-state index in [0.29, 0.717) is 16.3 Å². The van der Waals surface area contributed by atoms with Crippen molar-refractivity contribution < 1.29 is 9.60 Å². The van der Waals surface area contributed by atoms with Gasteiger partial charge in [-0.2, -0.15) is 0 Å². The molecular weight excluding hydrogens is 229 g/mol. The van der Waals surface area contributed by atoms with Gasteiger partial charge < -0.3 is 10.9 Å². The van der Waals surface area contributed by atoms with Crippen LogP contribution in [0.5, 0.6) is 0 Å². The highest BCUT2D eigenvalue weighted by Crippen LogP contribution is 2.22. The van der Waals surface area contributed by atoms with E-state index in [-0.39, 0.29) is 11.7 Å². The molecule has 3 N–H and O–H groups in total. The van der Waals surface area contributed by atoms with Crippen molar-refractivity contribution in [2.24, 2.45) is 10.9 Å². The molecule has 2 rings (SSSR count). The van der Waals surface area contributed by atoms with Crippen molar-refractivity contribution in [1.29, 1.82) is 0 Å². The zero-order chi connectivity index (χ0) is 11.5. The van der Waals surface area contributed by atoms with E-state index < -0.39 is 0 Å². The van der Waals surface area contributed by atoms with Gasteiger partial charge in [-0.05, 0) is 12.1 Å². The van der Waals surface area contributed by atoms with Crippen LogP contribution >= 0.6 is 11.3 Å². The molecule has 6 heteroatoms. The molecule has 0 radical (unpaired) electrons. The standard InChI is InChI=1S/C10H8FN3OS/c11-7-3-1-2-6(4-7)8-5-16-10(13-8)9(12)14-15/h1-5,15H,(H2,12,14). The van der Waals surface area contributed by atoms with Crippen LogP contribution in [0.25, 0.3) is 11.3 Å². The Morgan fingerprint density at radius 2 is 2.31 bits per heavy atom. The van der Waals surface area contributed by atoms with Crippen molar-refractivity contribution in [3.8, 4) is 11.3 Å². The molecule has 82 valence electrons. The lowest BCUT2D eigenvalue weighted by atomic mass is 10.2. The van der Waals surface area contributed by atoms with Gasteiger partial charge in [0.05, 0.1) is 5.69 Å². The van der Waals surface area contributed by atoms with Crippen molar-refractivity contribution >= 4 is 17.2 Å². The van der Waals surface area contributed by atoms with E-state index in [1.807, 2.05) is 0 Å². The second kappa shape index (κ2) is 4.28. The average Bonchev–Trinajstić information content (AvgIpc) is 2.77. The first kappa shape index (κ1) is 10.6. The van der Waals surface area contributed by atoms with Gasteiger partial charge in [0, 0.05) is 10.9 Å². The van der Waals surface area contributed by atoms with Crippen LogP contribution in [0.1, 0.15) is 5.01 Å². The van der Waals surface area contributed by atoms with Crippen molar-refractivity contribution in [3.63, 3.8) is 0 Å². The van der Waals surface area contributed by atoms with Gasteiger partial charge >= 0.3 is 0 Å². The van der Waals surface area contributed by atoms with Crippen LogP contribution in [-0.4, -0.2) is 16.0 Å². The zero-order valence-corrected chi connectivity index (χ0v) is 8.91. The summed E-state index contributed by atoms with van der Waals surface area (Å²) in [6.45, 7) is 0. The van der Waals surface area contributed by atoms with Gasteiger partial charge in [0.25, 0.3) is 0 Å². The molecule has 4 nitrogen and oxygen atoms in total. The Bertz CT molecular complexity index is 538. The molecule has 0 saturated heterocycles. The van der Waals surface area contributed by atoms with E-state index >= 15 is 0 Å². The van der Waals surface area contributed by atoms with Gasteiger partial charge in [0.15, 0.2) is 10.8 Å². The van der Waals surface area contributed by atoms with Crippen LogP contribution in [0.15, 0.2) is 34.8 Å². The van der Waals surface area contributed by atoms with Gasteiger partial charge in [-0.3, -0.25) is 0 Å². The topological polar surface area (TPSA) is 71.5 Å². The molecule has 0 bridgehead atoms. The number of halogens is 1. The molecule has 0 unspecified atom stereocenters. The van der Waals surface area contributed by atoms with Crippen molar-refractivity contribution in [2.75, 3.05) is 0 Å². The van der Waals surface area contributed by atoms with Gasteiger partial charge in [-0.1, -0.05) is 17.3 Å². The summed E-state index contributed by atoms with van der Waals surface area (Å²) >= 11 is 1.23. The van der Waals surface area contributed by atoms with E-state index in [1.165, 1.54) is 23.5 Å². The van der Waals surface area contributed by atoms with Crippen LogP contribution in [0.3, 0.4) is 0 Å². The second-order valence-electron chi connectivity index (χ2n) is 3.03. The molecule has 0 spiro atoms. The van der Waals surface area contributed by atoms with Crippen LogP contribution in [0.2, 0.25) is 0 Å². The number of nitrogens with two attached hydrogens (primary N) is 1. The highest BCUT2D eigenvalue weighted by atomic mass is 32.1. The summed E-state index contributed by atoms with van der Waals surface area (Å²) in [5, 5.41) is 13.5. The highest BCUT2D eigenvalue weighted by molar-refractivity contribution is 7.12. The number of nitrogens with zero attached hydrogens (tertiary/aromatic N) is 2. The van der Waals surface area contributed by atoms with Gasteiger partial charge in [0.2, 0.25) is 0 Å². The van der Waals surface area contributed by atoms with E-state index in [4.69, 9.17) is 10.9 Å². The van der Waals surface area contributed by atoms with E-state index in [1.54, 1.807) is 17.5 Å². The van der Waals surface area contributed by atoms with Gasteiger partial charge in [0.1, 0.15) is 5.82 Å². The molecule has 1 aromatic heterocycles. The number of oxime groups is 1. The second-order valence-corrected chi connectivity index (χ2v) is 3.89. The molecule has 2 aromatic rings. The Kier molecular flexibility index (Phi) is 2.82. The van der Waals surface area contributed by atoms with Gasteiger partial charge in [-0.15, -0.1) is 11.3 Å². The summed E-state index contributed by atoms with van der Waals surface area (Å²) in [6, 6.07) is 6.09. The van der Waals surface area contributed by atoms with Crippen LogP contribution in [-0.2, 0) is 0 Å². The summed E-state index contributed by atoms with van der Waals surface area (Å²) in [7, 11) is 0. The normalized spacial score (nSPS) is 11.7. The van der Waals surface area contributed by atoms with Crippen LogP contribution in [0.4, 0.5) is 4.39 Å². The number of hydrogen-bond donors (Lipinski definition) is 2. The third kappa shape index (κ3) is 2.01. The monoisotopic (exact) mass is 237 g/mol. The fourth-order valence-electron chi connectivity index (χ4n) is 1.21. The molecule has 0 saturated carbocycles. The Morgan fingerprint density at radius 3 is 3.00 bits per heavy atom. The molecule has 0 atom stereocenters. The fraction of sp³-hybridized carbons (Fsp3) is 0. The number of benzene rings is 1. The lowest BCUT2D eigenvalue weighted by molar-refractivity contribution is 0.318. The number of amidine groups is 1. The Hall–Kier alpha value is -1.95. The minimum absolute atomic E-state index is 0.0485. The zero-order valence-electron chi connectivity index (χ0n) is 8.09. The predicted octanol–water partition coefficient (Wildman–Crippen LogP) is 2.04. The lowest BCUT2D eigenvalue weighted by Crippen LogP contribution is -2.12. The van der Waals surface area contributed by atoms with Crippen molar-refractivity contribution in [3.05, 3.63) is 40.5 Å². The first-order chi connectivity index (χ1) is 7.70. The maximum atomic E-state index is 13.0. The van der Waals surface area contributed by atoms with Crippen molar-refractivity contribution in [2.45, 2.75) is 0 Å². The Morgan fingerprint density at radius 1 is 1.50 bits per heavy atom. The molecule has 0 fully saturated rings. The Labute approximate surface area is 94.9 Å². The third-order valence-corrected chi connectivity index (χ3v) is 2.82. The maximum absolute atomic E-state index is 13.0. The van der Waals surface area contributed by atoms with E-state index in [0.717, 1.165) is 0 Å². The first-order valence-corrected chi connectivity index (χ1v) is 5.28. The summed E-state index contributed by atoms with van der Waals surface area (Å²) in [5.41, 5.74) is 6.65. The number of hydrogen-bond acceptors (Lipinski definition) is 4. The van der Waals surface area contributed by atoms with Crippen molar-refractivity contribution in [1.82, 2.24) is 4.98 Å². The molecule has 0 aliphatic rings. The summed E-state index contributed by atoms with van der Waals surface area (Å²) in [5.74, 6) is -0.372. The molecule has 0 amide bonds. The van der Waals surface area contributed by atoms with Gasteiger partial charge in [-0.25, -0.2) is 9.37 Å². The molecule has 16 heavy (non-hydrogen) atoms. The Balaban J connectivity index is 2.39. The van der Waals surface area contributed by atoms with Crippen LogP contribution < -0.4 is 5.73 Å². The van der Waals surface area contributed by atoms with E-state index in [2.05, 4.69) is 10.1 Å². The summed E-state index contributed by atoms with van der Waals surface area (Å²) in [6.07, 6.45) is 0. The summed E-state index contributed by atoms with van der Waals surface area (Å²) in [4.78, 5) is 4.13. The molecule has 0 aliphatic heterocycles. The minimum Gasteiger partial charge on any atom is -0.409 e. The number of thiazole rings is 1. The molecular formula is C10H8FN3OS. The lowest BCUT2D eigenvalue weighted by Gasteiger charge is -1.95. The summed E-state index contributed by atoms with van der Waals surface area (Å²) < 4.78 is 13.0. The SMILES string of the molecule is NC(=NO)c1nc(-c2cccc(F)c2)cs1. The quantitative estimate of drug-likeness (QED) is 0.363. The number of rotatable bonds is 2. The smallest absolute Gasteiger partial charge is 0.199 e. The third-order valence-electron chi connectivity index (χ3n) is 1.95. The predicted molar refractivity (Wildman–Crippen MR) is 60.0 cm³/mol. The average molecular weight is 237 g/mol.